The van der Waals surface area contributed by atoms with Gasteiger partial charge in [0.25, 0.3) is 0 Å². The molecule has 1 heterocycles. The normalized spacial score (nSPS) is 11.4. The summed E-state index contributed by atoms with van der Waals surface area (Å²) in [7, 11) is 1.57. The van der Waals surface area contributed by atoms with Gasteiger partial charge in [0.15, 0.2) is 5.76 Å². The van der Waals surface area contributed by atoms with Gasteiger partial charge in [-0.1, -0.05) is 39.0 Å². The number of esters is 1. The molecule has 0 spiro atoms. The molecule has 0 saturated heterocycles. The average Bonchev–Trinajstić information content (AvgIpc) is 2.85. The fourth-order valence-corrected chi connectivity index (χ4v) is 3.78. The summed E-state index contributed by atoms with van der Waals surface area (Å²) < 4.78 is 22.6. The van der Waals surface area contributed by atoms with Crippen LogP contribution in [0.4, 0.5) is 0 Å². The minimum absolute atomic E-state index is 0.0333. The fraction of sp³-hybridized carbons (Fsp3) is 0.267. The first-order chi connectivity index (χ1) is 17.2. The Bertz CT molecular complexity index is 1420. The smallest absolute Gasteiger partial charge is 0.314 e. The van der Waals surface area contributed by atoms with Crippen LogP contribution in [0.25, 0.3) is 22.3 Å². The Morgan fingerprint density at radius 1 is 0.917 bits per heavy atom. The highest BCUT2D eigenvalue weighted by Crippen LogP contribution is 2.32. The lowest BCUT2D eigenvalue weighted by Crippen LogP contribution is -2.18. The Morgan fingerprint density at radius 3 is 2.22 bits per heavy atom. The van der Waals surface area contributed by atoms with E-state index in [1.165, 1.54) is 5.56 Å². The maximum Gasteiger partial charge on any atom is 0.314 e. The molecule has 6 heteroatoms. The Morgan fingerprint density at radius 2 is 1.58 bits per heavy atom. The second-order valence-corrected chi connectivity index (χ2v) is 9.66. The lowest BCUT2D eigenvalue weighted by molar-refractivity contribution is -0.135. The molecule has 0 saturated carbocycles. The van der Waals surface area contributed by atoms with Crippen molar-refractivity contribution in [1.82, 2.24) is 0 Å². The van der Waals surface area contributed by atoms with E-state index in [0.717, 1.165) is 5.56 Å². The van der Waals surface area contributed by atoms with Crippen molar-refractivity contribution in [2.75, 3.05) is 13.7 Å². The highest BCUT2D eigenvalue weighted by atomic mass is 16.5. The SMILES string of the molecule is COc1ccc(-c2oc3cc(C)ccc3c(=O)c2OC(=O)CCOc2ccc(C(C)(C)C)cc2)cc1. The maximum absolute atomic E-state index is 13.3. The van der Waals surface area contributed by atoms with Crippen molar-refractivity contribution >= 4 is 16.9 Å². The van der Waals surface area contributed by atoms with Crippen molar-refractivity contribution in [2.24, 2.45) is 0 Å². The number of aryl methyl sites for hydroxylation is 1. The maximum atomic E-state index is 13.3. The van der Waals surface area contributed by atoms with Crippen molar-refractivity contribution in [2.45, 2.75) is 39.5 Å². The average molecular weight is 487 g/mol. The van der Waals surface area contributed by atoms with Crippen molar-refractivity contribution in [3.8, 4) is 28.6 Å². The molecule has 0 radical (unpaired) electrons. The van der Waals surface area contributed by atoms with E-state index in [1.807, 2.05) is 37.3 Å². The van der Waals surface area contributed by atoms with Gasteiger partial charge in [0, 0.05) is 5.56 Å². The molecule has 0 aliphatic rings. The lowest BCUT2D eigenvalue weighted by atomic mass is 9.87. The van der Waals surface area contributed by atoms with Gasteiger partial charge < -0.3 is 18.6 Å². The van der Waals surface area contributed by atoms with Gasteiger partial charge in [0.2, 0.25) is 11.2 Å². The van der Waals surface area contributed by atoms with Crippen molar-refractivity contribution < 1.29 is 23.4 Å². The molecular formula is C30H30O6. The van der Waals surface area contributed by atoms with E-state index in [2.05, 4.69) is 20.8 Å². The summed E-state index contributed by atoms with van der Waals surface area (Å²) in [6.07, 6.45) is -0.0333. The highest BCUT2D eigenvalue weighted by Gasteiger charge is 2.21. The fourth-order valence-electron chi connectivity index (χ4n) is 3.78. The summed E-state index contributed by atoms with van der Waals surface area (Å²) in [5.41, 5.74) is 2.79. The van der Waals surface area contributed by atoms with E-state index < -0.39 is 11.4 Å². The zero-order valence-corrected chi connectivity index (χ0v) is 21.2. The molecule has 4 aromatic rings. The van der Waals surface area contributed by atoms with Crippen LogP contribution in [-0.2, 0) is 10.2 Å². The summed E-state index contributed by atoms with van der Waals surface area (Å²) in [5, 5.41) is 0.343. The quantitative estimate of drug-likeness (QED) is 0.280. The monoisotopic (exact) mass is 486 g/mol. The van der Waals surface area contributed by atoms with E-state index in [1.54, 1.807) is 43.5 Å². The molecule has 0 fully saturated rings. The molecule has 0 unspecified atom stereocenters. The number of fused-ring (bicyclic) bond motifs is 1. The van der Waals surface area contributed by atoms with Crippen LogP contribution in [-0.4, -0.2) is 19.7 Å². The number of hydrogen-bond donors (Lipinski definition) is 0. The van der Waals surface area contributed by atoms with E-state index in [4.69, 9.17) is 18.6 Å². The van der Waals surface area contributed by atoms with Crippen molar-refractivity contribution in [3.63, 3.8) is 0 Å². The molecule has 3 aromatic carbocycles. The topological polar surface area (TPSA) is 75.0 Å². The van der Waals surface area contributed by atoms with E-state index in [0.29, 0.717) is 28.0 Å². The van der Waals surface area contributed by atoms with Crippen LogP contribution in [0.3, 0.4) is 0 Å². The Balaban J connectivity index is 1.55. The summed E-state index contributed by atoms with van der Waals surface area (Å²) in [4.78, 5) is 26.0. The van der Waals surface area contributed by atoms with Gasteiger partial charge >= 0.3 is 5.97 Å². The minimum atomic E-state index is -0.588. The Hall–Kier alpha value is -4.06. The molecule has 0 aliphatic heterocycles. The summed E-state index contributed by atoms with van der Waals surface area (Å²) >= 11 is 0. The van der Waals surface area contributed by atoms with Crippen LogP contribution < -0.4 is 19.6 Å². The van der Waals surface area contributed by atoms with Crippen LogP contribution in [0.5, 0.6) is 17.2 Å². The third-order valence-corrected chi connectivity index (χ3v) is 5.87. The van der Waals surface area contributed by atoms with Gasteiger partial charge in [0.1, 0.15) is 17.1 Å². The number of benzene rings is 3. The van der Waals surface area contributed by atoms with Crippen molar-refractivity contribution in [1.29, 1.82) is 0 Å². The molecule has 4 rings (SSSR count). The van der Waals surface area contributed by atoms with Crippen LogP contribution in [0.1, 0.15) is 38.3 Å². The number of carbonyl (C=O) groups excluding carboxylic acids is 1. The molecule has 0 aliphatic carbocycles. The summed E-state index contributed by atoms with van der Waals surface area (Å²) in [6, 6.07) is 20.1. The highest BCUT2D eigenvalue weighted by molar-refractivity contribution is 5.84. The van der Waals surface area contributed by atoms with Gasteiger partial charge in [-0.15, -0.1) is 0 Å². The first kappa shape index (κ1) is 25.0. The van der Waals surface area contributed by atoms with Gasteiger partial charge in [-0.2, -0.15) is 0 Å². The summed E-state index contributed by atoms with van der Waals surface area (Å²) in [5.74, 6) is 0.776. The van der Waals surface area contributed by atoms with E-state index in [9.17, 15) is 9.59 Å². The molecule has 6 nitrogen and oxygen atoms in total. The van der Waals surface area contributed by atoms with Crippen LogP contribution in [0.15, 0.2) is 75.9 Å². The second-order valence-electron chi connectivity index (χ2n) is 9.66. The van der Waals surface area contributed by atoms with Crippen molar-refractivity contribution in [3.05, 3.63) is 88.1 Å². The van der Waals surface area contributed by atoms with Crippen LogP contribution in [0.2, 0.25) is 0 Å². The molecule has 0 amide bonds. The molecule has 0 bridgehead atoms. The molecule has 186 valence electrons. The standard InChI is InChI=1S/C30H30O6/c1-19-6-15-24-25(18-19)35-28(20-7-11-22(33-5)12-8-20)29(27(24)32)36-26(31)16-17-34-23-13-9-21(10-14-23)30(2,3)4/h6-15,18H,16-17H2,1-5H3. The molecule has 0 N–H and O–H groups in total. The zero-order chi connectivity index (χ0) is 25.9. The third-order valence-electron chi connectivity index (χ3n) is 5.87. The predicted molar refractivity (Wildman–Crippen MR) is 140 cm³/mol. The number of rotatable bonds is 7. The Labute approximate surface area is 210 Å². The van der Waals surface area contributed by atoms with Gasteiger partial charge in [0.05, 0.1) is 25.5 Å². The largest absolute Gasteiger partial charge is 0.497 e. The lowest BCUT2D eigenvalue weighted by Gasteiger charge is -2.19. The third kappa shape index (κ3) is 5.60. The number of carbonyl (C=O) groups is 1. The molecular weight excluding hydrogens is 456 g/mol. The predicted octanol–water partition coefficient (Wildman–Crippen LogP) is 6.45. The summed E-state index contributed by atoms with van der Waals surface area (Å²) in [6.45, 7) is 8.46. The van der Waals surface area contributed by atoms with E-state index >= 15 is 0 Å². The van der Waals surface area contributed by atoms with Gasteiger partial charge in [-0.25, -0.2) is 0 Å². The first-order valence-corrected chi connectivity index (χ1v) is 11.8. The van der Waals surface area contributed by atoms with Crippen LogP contribution in [0, 0.1) is 6.92 Å². The Kier molecular flexibility index (Phi) is 7.15. The van der Waals surface area contributed by atoms with Gasteiger partial charge in [-0.3, -0.25) is 9.59 Å². The molecule has 36 heavy (non-hydrogen) atoms. The van der Waals surface area contributed by atoms with Crippen LogP contribution >= 0.6 is 0 Å². The molecule has 1 aromatic heterocycles. The number of methoxy groups -OCH3 is 1. The first-order valence-electron chi connectivity index (χ1n) is 11.8. The molecule has 0 atom stereocenters. The number of hydrogen-bond acceptors (Lipinski definition) is 6. The zero-order valence-electron chi connectivity index (χ0n) is 21.2. The van der Waals surface area contributed by atoms with Gasteiger partial charge in [-0.05, 0) is 72.0 Å². The minimum Gasteiger partial charge on any atom is -0.497 e. The second kappa shape index (κ2) is 10.3. The number of ether oxygens (including phenoxy) is 3. The van der Waals surface area contributed by atoms with E-state index in [-0.39, 0.29) is 30.0 Å².